The van der Waals surface area contributed by atoms with E-state index in [2.05, 4.69) is 5.32 Å². The molecular weight excluding hydrogens is 506 g/mol. The number of hydrogen-bond acceptors (Lipinski definition) is 9. The summed E-state index contributed by atoms with van der Waals surface area (Å²) in [5.74, 6) is -0.463. The fourth-order valence-electron chi connectivity index (χ4n) is 4.32. The van der Waals surface area contributed by atoms with E-state index in [9.17, 15) is 19.2 Å². The van der Waals surface area contributed by atoms with Crippen LogP contribution in [-0.2, 0) is 28.6 Å². The van der Waals surface area contributed by atoms with Gasteiger partial charge in [-0.1, -0.05) is 0 Å². The predicted molar refractivity (Wildman–Crippen MR) is 145 cm³/mol. The third kappa shape index (κ3) is 9.54. The summed E-state index contributed by atoms with van der Waals surface area (Å²) in [7, 11) is 0. The van der Waals surface area contributed by atoms with Crippen LogP contribution in [-0.4, -0.2) is 75.0 Å². The number of amides is 2. The highest BCUT2D eigenvalue weighted by Gasteiger charge is 2.30. The number of rotatable bonds is 18. The molecule has 0 aliphatic carbocycles. The smallest absolute Gasteiger partial charge is 0.252 e. The van der Waals surface area contributed by atoms with Gasteiger partial charge in [-0.25, -0.2) is 0 Å². The lowest BCUT2D eigenvalue weighted by Crippen LogP contribution is -2.44. The Labute approximate surface area is 227 Å². The number of pyridine rings is 1. The highest BCUT2D eigenvalue weighted by Crippen LogP contribution is 2.27. The maximum Gasteiger partial charge on any atom is 0.252 e. The van der Waals surface area contributed by atoms with Crippen LogP contribution in [0.1, 0.15) is 50.1 Å². The van der Waals surface area contributed by atoms with Gasteiger partial charge in [-0.15, -0.1) is 0 Å². The number of fused-ring (bicyclic) bond motifs is 1. The van der Waals surface area contributed by atoms with Crippen LogP contribution < -0.4 is 21.3 Å². The number of aromatic nitrogens is 1. The van der Waals surface area contributed by atoms with Gasteiger partial charge in [0.25, 0.3) is 5.56 Å². The number of ether oxygens (including phenoxy) is 4. The maximum atomic E-state index is 12.8. The average molecular weight is 546 g/mol. The van der Waals surface area contributed by atoms with Crippen LogP contribution in [0.25, 0.3) is 10.9 Å². The number of benzene rings is 1. The van der Waals surface area contributed by atoms with Crippen LogP contribution in [0.4, 0.5) is 0 Å². The number of nitrogens with one attached hydrogen (secondary N) is 1. The number of unbranched alkanes of at least 4 members (excludes halogenated alkanes) is 1. The molecule has 214 valence electrons. The second-order valence-electron chi connectivity index (χ2n) is 9.45. The van der Waals surface area contributed by atoms with Crippen molar-refractivity contribution in [2.45, 2.75) is 51.5 Å². The number of nitrogens with two attached hydrogens (primary N) is 1. The first-order valence-electron chi connectivity index (χ1n) is 13.5. The summed E-state index contributed by atoms with van der Waals surface area (Å²) in [6.07, 6.45) is 3.05. The molecule has 2 aromatic rings. The van der Waals surface area contributed by atoms with Gasteiger partial charge in [-0.3, -0.25) is 29.1 Å². The van der Waals surface area contributed by atoms with Crippen molar-refractivity contribution in [2.24, 2.45) is 5.73 Å². The van der Waals surface area contributed by atoms with Gasteiger partial charge in [-0.05, 0) is 56.8 Å². The van der Waals surface area contributed by atoms with Gasteiger partial charge >= 0.3 is 0 Å². The Bertz CT molecular complexity index is 1180. The third-order valence-corrected chi connectivity index (χ3v) is 6.38. The van der Waals surface area contributed by atoms with Crippen molar-refractivity contribution in [1.29, 1.82) is 0 Å². The molecule has 11 nitrogen and oxygen atoms in total. The number of piperidine rings is 1. The number of Topliss-reactive ketones (excluding diaryl/α,β-unsaturated/α-hetero) is 1. The van der Waals surface area contributed by atoms with Crippen LogP contribution in [0.5, 0.6) is 5.75 Å². The number of ketones is 1. The topological polar surface area (TPSA) is 148 Å². The van der Waals surface area contributed by atoms with E-state index in [1.54, 1.807) is 12.1 Å². The van der Waals surface area contributed by atoms with Gasteiger partial charge < -0.3 is 24.7 Å². The van der Waals surface area contributed by atoms with Gasteiger partial charge in [0, 0.05) is 43.6 Å². The van der Waals surface area contributed by atoms with Crippen molar-refractivity contribution in [3.63, 3.8) is 0 Å². The first-order valence-corrected chi connectivity index (χ1v) is 13.5. The Kier molecular flexibility index (Phi) is 12.6. The van der Waals surface area contributed by atoms with Gasteiger partial charge in [0.15, 0.2) is 5.78 Å². The molecule has 1 aromatic carbocycles. The molecule has 2 amide bonds. The van der Waals surface area contributed by atoms with E-state index in [1.165, 1.54) is 10.6 Å². The molecule has 0 saturated carbocycles. The normalized spacial score (nSPS) is 15.5. The Balaban J connectivity index is 1.40. The Morgan fingerprint density at radius 2 is 1.67 bits per heavy atom. The second kappa shape index (κ2) is 16.1. The molecule has 0 bridgehead atoms. The first kappa shape index (κ1) is 30.4. The molecule has 1 saturated heterocycles. The minimum absolute atomic E-state index is 0.0418. The van der Waals surface area contributed by atoms with Crippen molar-refractivity contribution in [2.75, 3.05) is 52.8 Å². The predicted octanol–water partition coefficient (Wildman–Crippen LogP) is 1.80. The summed E-state index contributed by atoms with van der Waals surface area (Å²) >= 11 is 0. The summed E-state index contributed by atoms with van der Waals surface area (Å²) < 4.78 is 23.4. The second-order valence-corrected chi connectivity index (χ2v) is 9.45. The minimum Gasteiger partial charge on any atom is -0.486 e. The summed E-state index contributed by atoms with van der Waals surface area (Å²) in [6, 6.07) is 5.91. The lowest BCUT2D eigenvalue weighted by Gasteiger charge is -2.25. The molecule has 1 aromatic heterocycles. The first-order chi connectivity index (χ1) is 18.9. The molecule has 2 heterocycles. The van der Waals surface area contributed by atoms with Crippen molar-refractivity contribution in [3.05, 3.63) is 40.2 Å². The molecule has 3 N–H and O–H groups in total. The summed E-state index contributed by atoms with van der Waals surface area (Å²) in [4.78, 5) is 49.2. The number of hydrogen-bond donors (Lipinski definition) is 2. The number of nitrogens with zero attached hydrogens (tertiary/aromatic N) is 1. The zero-order valence-corrected chi connectivity index (χ0v) is 22.6. The molecule has 0 radical (unpaired) electrons. The van der Waals surface area contributed by atoms with Crippen molar-refractivity contribution in [1.82, 2.24) is 9.88 Å². The fraction of sp³-hybridized carbons (Fsp3) is 0.571. The van der Waals surface area contributed by atoms with Crippen molar-refractivity contribution < 1.29 is 33.3 Å². The summed E-state index contributed by atoms with van der Waals surface area (Å²) in [5.41, 5.74) is 6.36. The zero-order valence-electron chi connectivity index (χ0n) is 22.6. The lowest BCUT2D eigenvalue weighted by molar-refractivity contribution is -0.135. The van der Waals surface area contributed by atoms with E-state index < -0.39 is 11.9 Å². The highest BCUT2D eigenvalue weighted by molar-refractivity contribution is 6.00. The molecule has 39 heavy (non-hydrogen) atoms. The summed E-state index contributed by atoms with van der Waals surface area (Å²) in [5, 5.41) is 3.09. The summed E-state index contributed by atoms with van der Waals surface area (Å²) in [6.45, 7) is 5.59. The molecule has 1 unspecified atom stereocenters. The average Bonchev–Trinajstić information content (AvgIpc) is 2.91. The quantitative estimate of drug-likeness (QED) is 0.211. The van der Waals surface area contributed by atoms with Crippen molar-refractivity contribution in [3.8, 4) is 5.75 Å². The SMILES string of the molecule is Cc1cc(=O)n(C2CCC(=O)NC2=O)c2cc(OCC(=O)CCCCOCCOCCOCCCN)ccc12. The number of carbonyl (C=O) groups is 3. The Morgan fingerprint density at radius 3 is 2.36 bits per heavy atom. The van der Waals surface area contributed by atoms with E-state index in [0.29, 0.717) is 70.3 Å². The molecular formula is C28H39N3O8. The molecule has 11 heteroatoms. The molecule has 1 aliphatic heterocycles. The van der Waals surface area contributed by atoms with Gasteiger partial charge in [0.2, 0.25) is 11.8 Å². The van der Waals surface area contributed by atoms with Gasteiger partial charge in [-0.2, -0.15) is 0 Å². The van der Waals surface area contributed by atoms with Crippen molar-refractivity contribution >= 4 is 28.5 Å². The highest BCUT2D eigenvalue weighted by atomic mass is 16.5. The Morgan fingerprint density at radius 1 is 0.974 bits per heavy atom. The molecule has 1 atom stereocenters. The maximum absolute atomic E-state index is 12.8. The van der Waals surface area contributed by atoms with Crippen LogP contribution in [0.3, 0.4) is 0 Å². The number of imide groups is 1. The molecule has 3 rings (SSSR count). The van der Waals surface area contributed by atoms with Crippen LogP contribution in [0, 0.1) is 6.92 Å². The monoisotopic (exact) mass is 545 g/mol. The molecule has 1 aliphatic rings. The fourth-order valence-corrected chi connectivity index (χ4v) is 4.32. The van der Waals surface area contributed by atoms with E-state index in [-0.39, 0.29) is 36.7 Å². The van der Waals surface area contributed by atoms with E-state index >= 15 is 0 Å². The van der Waals surface area contributed by atoms with E-state index in [0.717, 1.165) is 23.8 Å². The Hall–Kier alpha value is -3.12. The number of aryl methyl sites for hydroxylation is 1. The van der Waals surface area contributed by atoms with E-state index in [1.807, 2.05) is 13.0 Å². The van der Waals surface area contributed by atoms with E-state index in [4.69, 9.17) is 24.7 Å². The van der Waals surface area contributed by atoms with Gasteiger partial charge in [0.1, 0.15) is 18.4 Å². The van der Waals surface area contributed by atoms with Crippen LogP contribution in [0.2, 0.25) is 0 Å². The van der Waals surface area contributed by atoms with Gasteiger partial charge in [0.05, 0.1) is 31.9 Å². The third-order valence-electron chi connectivity index (χ3n) is 6.38. The minimum atomic E-state index is -0.788. The largest absolute Gasteiger partial charge is 0.486 e. The number of carbonyl (C=O) groups excluding carboxylic acids is 3. The standard InChI is InChI=1S/C28H39N3O8/c1-20-17-27(34)31(24-8-9-26(33)30-28(24)35)25-18-22(6-7-23(20)25)39-19-21(32)5-2-3-11-36-13-15-38-16-14-37-12-4-10-29/h6-7,17-18,24H,2-5,8-16,19,29H2,1H3,(H,30,33,35). The molecule has 0 spiro atoms. The van der Waals surface area contributed by atoms with Crippen LogP contribution >= 0.6 is 0 Å². The van der Waals surface area contributed by atoms with Crippen LogP contribution in [0.15, 0.2) is 29.1 Å². The molecule has 1 fully saturated rings. The lowest BCUT2D eigenvalue weighted by atomic mass is 10.0. The zero-order chi connectivity index (χ0) is 28.0.